The highest BCUT2D eigenvalue weighted by atomic mass is 16.5. The Morgan fingerprint density at radius 2 is 2.00 bits per heavy atom. The van der Waals surface area contributed by atoms with Crippen molar-refractivity contribution in [2.24, 2.45) is 0 Å². The summed E-state index contributed by atoms with van der Waals surface area (Å²) >= 11 is 0. The van der Waals surface area contributed by atoms with Gasteiger partial charge in [0.25, 0.3) is 0 Å². The molecule has 0 aliphatic carbocycles. The van der Waals surface area contributed by atoms with E-state index in [1.54, 1.807) is 7.11 Å². The molecule has 0 atom stereocenters. The van der Waals surface area contributed by atoms with Crippen LogP contribution in [0.2, 0.25) is 0 Å². The van der Waals surface area contributed by atoms with Gasteiger partial charge in [0, 0.05) is 6.54 Å². The number of carbonyl (C=O) groups excluding carboxylic acids is 1. The first kappa shape index (κ1) is 13.6. The van der Waals surface area contributed by atoms with E-state index in [0.29, 0.717) is 6.42 Å². The van der Waals surface area contributed by atoms with Crippen LogP contribution in [0.4, 0.5) is 0 Å². The molecule has 0 heterocycles. The van der Waals surface area contributed by atoms with Gasteiger partial charge >= 0.3 is 0 Å². The van der Waals surface area contributed by atoms with E-state index < -0.39 is 0 Å². The van der Waals surface area contributed by atoms with Gasteiger partial charge in [-0.2, -0.15) is 0 Å². The first-order valence-corrected chi connectivity index (χ1v) is 5.99. The van der Waals surface area contributed by atoms with Crippen molar-refractivity contribution in [3.05, 3.63) is 28.8 Å². The predicted molar refractivity (Wildman–Crippen MR) is 69.5 cm³/mol. The topological polar surface area (TPSA) is 38.3 Å². The maximum Gasteiger partial charge on any atom is 0.224 e. The molecule has 17 heavy (non-hydrogen) atoms. The van der Waals surface area contributed by atoms with Gasteiger partial charge in [-0.05, 0) is 43.0 Å². The Kier molecular flexibility index (Phi) is 5.01. The normalized spacial score (nSPS) is 10.1. The van der Waals surface area contributed by atoms with Gasteiger partial charge in [-0.25, -0.2) is 0 Å². The molecular weight excluding hydrogens is 214 g/mol. The third kappa shape index (κ3) is 3.77. The zero-order valence-electron chi connectivity index (χ0n) is 11.1. The molecule has 0 radical (unpaired) electrons. The smallest absolute Gasteiger partial charge is 0.224 e. The summed E-state index contributed by atoms with van der Waals surface area (Å²) in [6, 6.07) is 4.01. The summed E-state index contributed by atoms with van der Waals surface area (Å²) in [6.45, 7) is 6.78. The van der Waals surface area contributed by atoms with E-state index in [0.717, 1.165) is 35.4 Å². The Morgan fingerprint density at radius 3 is 2.59 bits per heavy atom. The maximum atomic E-state index is 11.6. The van der Waals surface area contributed by atoms with Gasteiger partial charge < -0.3 is 10.1 Å². The Labute approximate surface area is 103 Å². The lowest BCUT2D eigenvalue weighted by molar-refractivity contribution is -0.120. The first-order chi connectivity index (χ1) is 8.08. The Balaban J connectivity index is 2.78. The molecule has 0 aliphatic heterocycles. The van der Waals surface area contributed by atoms with Gasteiger partial charge in [0.1, 0.15) is 5.75 Å². The minimum Gasteiger partial charge on any atom is -0.496 e. The summed E-state index contributed by atoms with van der Waals surface area (Å²) in [6.07, 6.45) is 1.41. The van der Waals surface area contributed by atoms with E-state index >= 15 is 0 Å². The summed E-state index contributed by atoms with van der Waals surface area (Å²) in [5, 5.41) is 2.89. The Hall–Kier alpha value is -1.51. The van der Waals surface area contributed by atoms with E-state index in [1.807, 2.05) is 32.9 Å². The average molecular weight is 235 g/mol. The number of benzene rings is 1. The van der Waals surface area contributed by atoms with Crippen molar-refractivity contribution in [1.29, 1.82) is 0 Å². The number of hydrogen-bond donors (Lipinski definition) is 1. The molecule has 0 unspecified atom stereocenters. The number of ether oxygens (including phenoxy) is 1. The lowest BCUT2D eigenvalue weighted by Crippen LogP contribution is -2.26. The lowest BCUT2D eigenvalue weighted by Gasteiger charge is -2.11. The van der Waals surface area contributed by atoms with Crippen LogP contribution in [0.3, 0.4) is 0 Å². The van der Waals surface area contributed by atoms with Gasteiger partial charge in [-0.1, -0.05) is 13.0 Å². The minimum absolute atomic E-state index is 0.0829. The van der Waals surface area contributed by atoms with E-state index in [9.17, 15) is 4.79 Å². The standard InChI is InChI=1S/C14H21NO2/c1-5-6-15-14(16)9-12-7-11(3)13(17-4)8-10(12)2/h7-8H,5-6,9H2,1-4H3,(H,15,16). The zero-order chi connectivity index (χ0) is 12.8. The number of aryl methyl sites for hydroxylation is 2. The van der Waals surface area contributed by atoms with Crippen LogP contribution in [-0.2, 0) is 11.2 Å². The highest BCUT2D eigenvalue weighted by molar-refractivity contribution is 5.79. The van der Waals surface area contributed by atoms with Gasteiger partial charge in [0.2, 0.25) is 5.91 Å². The van der Waals surface area contributed by atoms with Crippen molar-refractivity contribution < 1.29 is 9.53 Å². The van der Waals surface area contributed by atoms with E-state index in [4.69, 9.17) is 4.74 Å². The Bertz CT molecular complexity index is 399. The van der Waals surface area contributed by atoms with Gasteiger partial charge in [-0.15, -0.1) is 0 Å². The van der Waals surface area contributed by atoms with Crippen LogP contribution in [-0.4, -0.2) is 19.6 Å². The van der Waals surface area contributed by atoms with Crippen LogP contribution in [0.15, 0.2) is 12.1 Å². The fraction of sp³-hybridized carbons (Fsp3) is 0.500. The molecule has 1 aromatic rings. The molecule has 0 saturated carbocycles. The van der Waals surface area contributed by atoms with Gasteiger partial charge in [0.05, 0.1) is 13.5 Å². The number of nitrogens with one attached hydrogen (secondary N) is 1. The molecule has 3 nitrogen and oxygen atoms in total. The first-order valence-electron chi connectivity index (χ1n) is 5.99. The van der Waals surface area contributed by atoms with Crippen LogP contribution in [0.25, 0.3) is 0 Å². The molecule has 1 amide bonds. The van der Waals surface area contributed by atoms with Crippen molar-refractivity contribution in [2.45, 2.75) is 33.6 Å². The largest absolute Gasteiger partial charge is 0.496 e. The second-order valence-electron chi connectivity index (χ2n) is 4.28. The fourth-order valence-electron chi connectivity index (χ4n) is 1.76. The summed E-state index contributed by atoms with van der Waals surface area (Å²) in [7, 11) is 1.66. The molecule has 0 fully saturated rings. The van der Waals surface area contributed by atoms with Crippen molar-refractivity contribution in [1.82, 2.24) is 5.32 Å². The molecule has 0 aliphatic rings. The molecule has 0 saturated heterocycles. The second-order valence-corrected chi connectivity index (χ2v) is 4.28. The predicted octanol–water partition coefficient (Wildman–Crippen LogP) is 2.38. The summed E-state index contributed by atoms with van der Waals surface area (Å²) in [5.41, 5.74) is 3.23. The maximum absolute atomic E-state index is 11.6. The van der Waals surface area contributed by atoms with E-state index in [2.05, 4.69) is 5.32 Å². The molecule has 1 N–H and O–H groups in total. The van der Waals surface area contributed by atoms with Crippen molar-refractivity contribution in [3.8, 4) is 5.75 Å². The number of rotatable bonds is 5. The molecule has 94 valence electrons. The van der Waals surface area contributed by atoms with Crippen molar-refractivity contribution in [3.63, 3.8) is 0 Å². The highest BCUT2D eigenvalue weighted by Crippen LogP contribution is 2.22. The number of methoxy groups -OCH3 is 1. The van der Waals surface area contributed by atoms with Crippen molar-refractivity contribution in [2.75, 3.05) is 13.7 Å². The monoisotopic (exact) mass is 235 g/mol. The fourth-order valence-corrected chi connectivity index (χ4v) is 1.76. The quantitative estimate of drug-likeness (QED) is 0.851. The summed E-state index contributed by atoms with van der Waals surface area (Å²) < 4.78 is 5.25. The average Bonchev–Trinajstić information content (AvgIpc) is 2.30. The number of amides is 1. The lowest BCUT2D eigenvalue weighted by atomic mass is 10.0. The minimum atomic E-state index is 0.0829. The van der Waals surface area contributed by atoms with Crippen LogP contribution in [0.1, 0.15) is 30.0 Å². The van der Waals surface area contributed by atoms with E-state index in [-0.39, 0.29) is 5.91 Å². The molecule has 1 aromatic carbocycles. The van der Waals surface area contributed by atoms with Gasteiger partial charge in [0.15, 0.2) is 0 Å². The molecular formula is C14H21NO2. The SMILES string of the molecule is CCCNC(=O)Cc1cc(C)c(OC)cc1C. The van der Waals surface area contributed by atoms with Gasteiger partial charge in [-0.3, -0.25) is 4.79 Å². The van der Waals surface area contributed by atoms with Crippen molar-refractivity contribution >= 4 is 5.91 Å². The molecule has 0 bridgehead atoms. The third-order valence-corrected chi connectivity index (χ3v) is 2.78. The van der Waals surface area contributed by atoms with Crippen LogP contribution in [0.5, 0.6) is 5.75 Å². The zero-order valence-corrected chi connectivity index (χ0v) is 11.1. The number of hydrogen-bond acceptors (Lipinski definition) is 2. The van der Waals surface area contributed by atoms with Crippen LogP contribution >= 0.6 is 0 Å². The molecule has 3 heteroatoms. The second kappa shape index (κ2) is 6.28. The molecule has 1 rings (SSSR count). The summed E-state index contributed by atoms with van der Waals surface area (Å²) in [5.74, 6) is 0.958. The Morgan fingerprint density at radius 1 is 1.29 bits per heavy atom. The van der Waals surface area contributed by atoms with E-state index in [1.165, 1.54) is 0 Å². The third-order valence-electron chi connectivity index (χ3n) is 2.78. The van der Waals surface area contributed by atoms with Crippen LogP contribution in [0, 0.1) is 13.8 Å². The summed E-state index contributed by atoms with van der Waals surface area (Å²) in [4.78, 5) is 11.6. The van der Waals surface area contributed by atoms with Crippen LogP contribution < -0.4 is 10.1 Å². The number of carbonyl (C=O) groups is 1. The highest BCUT2D eigenvalue weighted by Gasteiger charge is 2.08. The molecule has 0 spiro atoms. The molecule has 0 aromatic heterocycles.